The fourth-order valence-corrected chi connectivity index (χ4v) is 1.61. The third kappa shape index (κ3) is 5.67. The van der Waals surface area contributed by atoms with Crippen molar-refractivity contribution in [1.29, 1.82) is 0 Å². The maximum absolute atomic E-state index is 11.7. The average molecular weight is 257 g/mol. The van der Waals surface area contributed by atoms with E-state index in [0.29, 0.717) is 26.3 Å². The zero-order valence-electron chi connectivity index (χ0n) is 9.81. The van der Waals surface area contributed by atoms with Gasteiger partial charge in [0.25, 0.3) is 0 Å². The molecule has 4 nitrogen and oxygen atoms in total. The lowest BCUT2D eigenvalue weighted by molar-refractivity contribution is -0.173. The van der Waals surface area contributed by atoms with Gasteiger partial charge < -0.3 is 19.5 Å². The van der Waals surface area contributed by atoms with Crippen LogP contribution < -0.4 is 5.32 Å². The number of methoxy groups -OCH3 is 1. The van der Waals surface area contributed by atoms with E-state index in [2.05, 4.69) is 10.1 Å². The maximum atomic E-state index is 11.7. The normalized spacial score (nSPS) is 25.4. The second-order valence-corrected chi connectivity index (χ2v) is 4.03. The molecular weight excluding hydrogens is 239 g/mol. The largest absolute Gasteiger partial charge is 0.411 e. The molecule has 1 unspecified atom stereocenters. The van der Waals surface area contributed by atoms with Gasteiger partial charge in [-0.15, -0.1) is 0 Å². The molecule has 17 heavy (non-hydrogen) atoms. The van der Waals surface area contributed by atoms with E-state index in [-0.39, 0.29) is 12.2 Å². The third-order valence-electron chi connectivity index (χ3n) is 2.64. The molecule has 0 amide bonds. The highest BCUT2D eigenvalue weighted by atomic mass is 19.4. The van der Waals surface area contributed by atoms with Crippen LogP contribution in [0.25, 0.3) is 0 Å². The fraction of sp³-hybridized carbons (Fsp3) is 1.00. The molecule has 102 valence electrons. The number of hydrogen-bond acceptors (Lipinski definition) is 4. The van der Waals surface area contributed by atoms with Crippen LogP contribution in [0.1, 0.15) is 6.42 Å². The Morgan fingerprint density at radius 1 is 1.41 bits per heavy atom. The van der Waals surface area contributed by atoms with E-state index < -0.39 is 12.8 Å². The summed E-state index contributed by atoms with van der Waals surface area (Å²) in [6.07, 6.45) is -3.47. The Morgan fingerprint density at radius 3 is 2.71 bits per heavy atom. The van der Waals surface area contributed by atoms with E-state index in [4.69, 9.17) is 9.47 Å². The summed E-state index contributed by atoms with van der Waals surface area (Å²) in [5, 5.41) is 3.01. The van der Waals surface area contributed by atoms with Crippen LogP contribution in [0.2, 0.25) is 0 Å². The Balaban J connectivity index is 2.04. The number of nitrogens with one attached hydrogen (secondary N) is 1. The first-order chi connectivity index (χ1) is 7.97. The Hall–Kier alpha value is -0.370. The van der Waals surface area contributed by atoms with Crippen molar-refractivity contribution in [3.05, 3.63) is 0 Å². The lowest BCUT2D eigenvalue weighted by atomic mass is 10.0. The smallest absolute Gasteiger partial charge is 0.378 e. The summed E-state index contributed by atoms with van der Waals surface area (Å²) < 4.78 is 50.3. The molecule has 1 saturated heterocycles. The summed E-state index contributed by atoms with van der Waals surface area (Å²) in [5.41, 5.74) is -0.343. The standard InChI is InChI=1S/C10H18F3NO3/c1-15-9(2-4-16-7-9)6-14-3-5-17-8-10(11,12)13/h14H,2-8H2,1H3. The molecule has 0 spiro atoms. The van der Waals surface area contributed by atoms with Gasteiger partial charge in [0, 0.05) is 33.2 Å². The molecule has 1 fully saturated rings. The van der Waals surface area contributed by atoms with Gasteiger partial charge in [0.15, 0.2) is 0 Å². The molecule has 0 radical (unpaired) electrons. The molecule has 1 aliphatic rings. The molecule has 1 N–H and O–H groups in total. The summed E-state index contributed by atoms with van der Waals surface area (Å²) in [6, 6.07) is 0. The highest BCUT2D eigenvalue weighted by Gasteiger charge is 2.34. The second kappa shape index (κ2) is 6.53. The molecule has 1 atom stereocenters. The molecule has 1 rings (SSSR count). The van der Waals surface area contributed by atoms with Crippen molar-refractivity contribution < 1.29 is 27.4 Å². The van der Waals surface area contributed by atoms with Crippen LogP contribution in [-0.4, -0.2) is 58.4 Å². The summed E-state index contributed by atoms with van der Waals surface area (Å²) in [6.45, 7) is 0.910. The predicted molar refractivity (Wildman–Crippen MR) is 54.9 cm³/mol. The summed E-state index contributed by atoms with van der Waals surface area (Å²) >= 11 is 0. The maximum Gasteiger partial charge on any atom is 0.411 e. The molecule has 0 aromatic rings. The number of rotatable bonds is 7. The van der Waals surface area contributed by atoms with E-state index in [1.165, 1.54) is 0 Å². The molecule has 0 aromatic carbocycles. The minimum absolute atomic E-state index is 0.0279. The van der Waals surface area contributed by atoms with E-state index in [1.807, 2.05) is 0 Å². The molecular formula is C10H18F3NO3. The van der Waals surface area contributed by atoms with E-state index in [0.717, 1.165) is 6.42 Å². The van der Waals surface area contributed by atoms with Crippen molar-refractivity contribution in [3.8, 4) is 0 Å². The number of hydrogen-bond donors (Lipinski definition) is 1. The molecule has 0 bridgehead atoms. The van der Waals surface area contributed by atoms with Crippen LogP contribution >= 0.6 is 0 Å². The molecule has 0 aromatic heterocycles. The van der Waals surface area contributed by atoms with Crippen LogP contribution in [0.15, 0.2) is 0 Å². The SMILES string of the molecule is COC1(CNCCOCC(F)(F)F)CCOC1. The van der Waals surface area contributed by atoms with Crippen LogP contribution in [0.3, 0.4) is 0 Å². The minimum atomic E-state index is -4.26. The van der Waals surface area contributed by atoms with Gasteiger partial charge in [0.2, 0.25) is 0 Å². The van der Waals surface area contributed by atoms with Crippen molar-refractivity contribution in [2.45, 2.75) is 18.2 Å². The first-order valence-corrected chi connectivity index (χ1v) is 5.46. The summed E-state index contributed by atoms with van der Waals surface area (Å²) in [4.78, 5) is 0. The number of ether oxygens (including phenoxy) is 3. The first-order valence-electron chi connectivity index (χ1n) is 5.46. The molecule has 1 heterocycles. The Bertz CT molecular complexity index is 217. The van der Waals surface area contributed by atoms with Gasteiger partial charge in [0.05, 0.1) is 13.2 Å². The lowest BCUT2D eigenvalue weighted by Crippen LogP contribution is -2.43. The van der Waals surface area contributed by atoms with E-state index in [1.54, 1.807) is 7.11 Å². The zero-order valence-corrected chi connectivity index (χ0v) is 9.81. The van der Waals surface area contributed by atoms with Gasteiger partial charge in [-0.25, -0.2) is 0 Å². The zero-order chi connectivity index (χ0) is 12.8. The van der Waals surface area contributed by atoms with Crippen molar-refractivity contribution in [2.75, 3.05) is 46.6 Å². The highest BCUT2D eigenvalue weighted by molar-refractivity contribution is 4.86. The van der Waals surface area contributed by atoms with E-state index >= 15 is 0 Å². The van der Waals surface area contributed by atoms with Crippen LogP contribution in [-0.2, 0) is 14.2 Å². The van der Waals surface area contributed by atoms with Crippen molar-refractivity contribution in [3.63, 3.8) is 0 Å². The Kier molecular flexibility index (Phi) is 5.64. The lowest BCUT2D eigenvalue weighted by Gasteiger charge is -2.26. The average Bonchev–Trinajstić information content (AvgIpc) is 2.71. The van der Waals surface area contributed by atoms with E-state index in [9.17, 15) is 13.2 Å². The molecule has 7 heteroatoms. The number of alkyl halides is 3. The first kappa shape index (κ1) is 14.7. The summed E-state index contributed by atoms with van der Waals surface area (Å²) in [7, 11) is 1.61. The molecule has 0 aliphatic carbocycles. The molecule has 0 saturated carbocycles. The van der Waals surface area contributed by atoms with Gasteiger partial charge in [-0.3, -0.25) is 0 Å². The van der Waals surface area contributed by atoms with Crippen LogP contribution in [0.5, 0.6) is 0 Å². The Labute approximate surface area is 98.4 Å². The van der Waals surface area contributed by atoms with Gasteiger partial charge >= 0.3 is 6.18 Å². The third-order valence-corrected chi connectivity index (χ3v) is 2.64. The van der Waals surface area contributed by atoms with Crippen LogP contribution in [0.4, 0.5) is 13.2 Å². The van der Waals surface area contributed by atoms with Crippen molar-refractivity contribution in [2.24, 2.45) is 0 Å². The minimum Gasteiger partial charge on any atom is -0.378 e. The van der Waals surface area contributed by atoms with Gasteiger partial charge in [-0.1, -0.05) is 0 Å². The predicted octanol–water partition coefficient (Wildman–Crippen LogP) is 0.960. The van der Waals surface area contributed by atoms with Gasteiger partial charge in [-0.2, -0.15) is 13.2 Å². The monoisotopic (exact) mass is 257 g/mol. The van der Waals surface area contributed by atoms with Crippen molar-refractivity contribution in [1.82, 2.24) is 5.32 Å². The van der Waals surface area contributed by atoms with Crippen molar-refractivity contribution >= 4 is 0 Å². The Morgan fingerprint density at radius 2 is 2.18 bits per heavy atom. The van der Waals surface area contributed by atoms with Gasteiger partial charge in [0.1, 0.15) is 12.2 Å². The molecule has 1 aliphatic heterocycles. The highest BCUT2D eigenvalue weighted by Crippen LogP contribution is 2.21. The number of halogens is 3. The topological polar surface area (TPSA) is 39.7 Å². The fourth-order valence-electron chi connectivity index (χ4n) is 1.61. The quantitative estimate of drug-likeness (QED) is 0.690. The van der Waals surface area contributed by atoms with Crippen LogP contribution in [0, 0.1) is 0 Å². The second-order valence-electron chi connectivity index (χ2n) is 4.03. The summed E-state index contributed by atoms with van der Waals surface area (Å²) in [5.74, 6) is 0. The van der Waals surface area contributed by atoms with Gasteiger partial charge in [-0.05, 0) is 0 Å².